The van der Waals surface area contributed by atoms with Crippen molar-refractivity contribution >= 4 is 0 Å². The standard InChI is InChI=1S/C17H27N3O/c1-2-4-15(5-3-1)13-20-10-11-21-17(14-20)12-19-16-6-8-18-9-7-16/h1-5,16-19H,6-14H2. The molecule has 0 aliphatic carbocycles. The number of nitrogens with one attached hydrogen (secondary N) is 2. The van der Waals surface area contributed by atoms with E-state index in [1.165, 1.54) is 18.4 Å². The lowest BCUT2D eigenvalue weighted by atomic mass is 10.1. The van der Waals surface area contributed by atoms with Crippen molar-refractivity contribution in [3.63, 3.8) is 0 Å². The molecular weight excluding hydrogens is 262 g/mol. The lowest BCUT2D eigenvalue weighted by Crippen LogP contribution is -2.49. The number of hydrogen-bond donors (Lipinski definition) is 2. The van der Waals surface area contributed by atoms with E-state index in [1.807, 2.05) is 0 Å². The van der Waals surface area contributed by atoms with Crippen LogP contribution >= 0.6 is 0 Å². The Morgan fingerprint density at radius 3 is 2.81 bits per heavy atom. The molecular formula is C17H27N3O. The molecule has 0 aromatic heterocycles. The molecule has 1 unspecified atom stereocenters. The van der Waals surface area contributed by atoms with E-state index < -0.39 is 0 Å². The maximum absolute atomic E-state index is 5.92. The van der Waals surface area contributed by atoms with Gasteiger partial charge in [-0.05, 0) is 31.5 Å². The van der Waals surface area contributed by atoms with Crippen LogP contribution in [0.3, 0.4) is 0 Å². The molecule has 2 N–H and O–H groups in total. The summed E-state index contributed by atoms with van der Waals surface area (Å²) in [4.78, 5) is 2.51. The molecule has 0 amide bonds. The molecule has 3 rings (SSSR count). The molecule has 0 saturated carbocycles. The summed E-state index contributed by atoms with van der Waals surface area (Å²) in [6.07, 6.45) is 2.80. The number of ether oxygens (including phenoxy) is 1. The van der Waals surface area contributed by atoms with E-state index >= 15 is 0 Å². The fraction of sp³-hybridized carbons (Fsp3) is 0.647. The van der Waals surface area contributed by atoms with Crippen molar-refractivity contribution < 1.29 is 4.74 Å². The smallest absolute Gasteiger partial charge is 0.0826 e. The number of nitrogens with zero attached hydrogens (tertiary/aromatic N) is 1. The van der Waals surface area contributed by atoms with Gasteiger partial charge in [0.05, 0.1) is 12.7 Å². The first-order valence-corrected chi connectivity index (χ1v) is 8.22. The summed E-state index contributed by atoms with van der Waals surface area (Å²) in [5, 5.41) is 7.09. The predicted octanol–water partition coefficient (Wildman–Crippen LogP) is 1.23. The zero-order chi connectivity index (χ0) is 14.3. The van der Waals surface area contributed by atoms with Crippen molar-refractivity contribution in [1.29, 1.82) is 0 Å². The average molecular weight is 289 g/mol. The molecule has 4 heteroatoms. The summed E-state index contributed by atoms with van der Waals surface area (Å²) in [7, 11) is 0. The number of piperidine rings is 1. The highest BCUT2D eigenvalue weighted by atomic mass is 16.5. The van der Waals surface area contributed by atoms with Crippen molar-refractivity contribution in [3.8, 4) is 0 Å². The fourth-order valence-electron chi connectivity index (χ4n) is 3.21. The Morgan fingerprint density at radius 1 is 1.19 bits per heavy atom. The first-order chi connectivity index (χ1) is 10.4. The highest BCUT2D eigenvalue weighted by molar-refractivity contribution is 5.14. The quantitative estimate of drug-likeness (QED) is 0.855. The molecule has 116 valence electrons. The summed E-state index contributed by atoms with van der Waals surface area (Å²) >= 11 is 0. The maximum Gasteiger partial charge on any atom is 0.0826 e. The van der Waals surface area contributed by atoms with Gasteiger partial charge in [-0.3, -0.25) is 4.90 Å². The van der Waals surface area contributed by atoms with Gasteiger partial charge in [0.25, 0.3) is 0 Å². The summed E-state index contributed by atoms with van der Waals surface area (Å²) in [5.74, 6) is 0. The van der Waals surface area contributed by atoms with Crippen LogP contribution in [0.25, 0.3) is 0 Å². The molecule has 0 radical (unpaired) electrons. The van der Waals surface area contributed by atoms with Crippen LogP contribution in [0.4, 0.5) is 0 Å². The summed E-state index contributed by atoms with van der Waals surface area (Å²) in [6.45, 7) is 7.23. The summed E-state index contributed by atoms with van der Waals surface area (Å²) in [5.41, 5.74) is 1.39. The second kappa shape index (κ2) is 7.90. The third-order valence-electron chi connectivity index (χ3n) is 4.45. The van der Waals surface area contributed by atoms with Gasteiger partial charge >= 0.3 is 0 Å². The Bertz CT molecular complexity index is 406. The molecule has 4 nitrogen and oxygen atoms in total. The third-order valence-corrected chi connectivity index (χ3v) is 4.45. The Kier molecular flexibility index (Phi) is 5.63. The van der Waals surface area contributed by atoms with E-state index in [2.05, 4.69) is 45.9 Å². The van der Waals surface area contributed by atoms with Crippen LogP contribution in [-0.2, 0) is 11.3 Å². The first kappa shape index (κ1) is 15.0. The molecule has 1 atom stereocenters. The molecule has 1 aromatic carbocycles. The van der Waals surface area contributed by atoms with E-state index in [0.717, 1.165) is 45.9 Å². The van der Waals surface area contributed by atoms with Crippen LogP contribution in [0.2, 0.25) is 0 Å². The van der Waals surface area contributed by atoms with Crippen molar-refractivity contribution in [2.24, 2.45) is 0 Å². The van der Waals surface area contributed by atoms with Gasteiger partial charge in [0.1, 0.15) is 0 Å². The SMILES string of the molecule is c1ccc(CN2CCOC(CNC3CCNCC3)C2)cc1. The van der Waals surface area contributed by atoms with E-state index in [0.29, 0.717) is 12.1 Å². The van der Waals surface area contributed by atoms with Gasteiger partial charge in [0, 0.05) is 32.2 Å². The molecule has 2 aliphatic heterocycles. The van der Waals surface area contributed by atoms with Crippen LogP contribution in [0, 0.1) is 0 Å². The van der Waals surface area contributed by atoms with Crippen molar-refractivity contribution in [2.45, 2.75) is 31.5 Å². The number of morpholine rings is 1. The van der Waals surface area contributed by atoms with Crippen LogP contribution in [0.1, 0.15) is 18.4 Å². The highest BCUT2D eigenvalue weighted by Gasteiger charge is 2.22. The van der Waals surface area contributed by atoms with Crippen molar-refractivity contribution in [2.75, 3.05) is 39.3 Å². The van der Waals surface area contributed by atoms with Gasteiger partial charge in [-0.15, -0.1) is 0 Å². The number of rotatable bonds is 5. The number of benzene rings is 1. The molecule has 2 fully saturated rings. The maximum atomic E-state index is 5.92. The topological polar surface area (TPSA) is 36.5 Å². The minimum atomic E-state index is 0.331. The van der Waals surface area contributed by atoms with Gasteiger partial charge in [0.2, 0.25) is 0 Å². The molecule has 2 aliphatic rings. The monoisotopic (exact) mass is 289 g/mol. The lowest BCUT2D eigenvalue weighted by Gasteiger charge is -2.34. The molecule has 21 heavy (non-hydrogen) atoms. The second-order valence-corrected chi connectivity index (χ2v) is 6.15. The van der Waals surface area contributed by atoms with Gasteiger partial charge in [0.15, 0.2) is 0 Å². The Hall–Kier alpha value is -0.940. The van der Waals surface area contributed by atoms with Gasteiger partial charge in [-0.25, -0.2) is 0 Å². The Balaban J connectivity index is 1.42. The molecule has 1 aromatic rings. The van der Waals surface area contributed by atoms with Crippen LogP contribution in [-0.4, -0.2) is 56.4 Å². The van der Waals surface area contributed by atoms with Crippen LogP contribution in [0.5, 0.6) is 0 Å². The minimum Gasteiger partial charge on any atom is -0.374 e. The van der Waals surface area contributed by atoms with Gasteiger partial charge < -0.3 is 15.4 Å². The Labute approximate surface area is 127 Å². The second-order valence-electron chi connectivity index (χ2n) is 6.15. The largest absolute Gasteiger partial charge is 0.374 e. The summed E-state index contributed by atoms with van der Waals surface area (Å²) in [6, 6.07) is 11.4. The Morgan fingerprint density at radius 2 is 2.00 bits per heavy atom. The zero-order valence-electron chi connectivity index (χ0n) is 12.8. The van der Waals surface area contributed by atoms with Crippen LogP contribution < -0.4 is 10.6 Å². The lowest BCUT2D eigenvalue weighted by molar-refractivity contribution is -0.0313. The van der Waals surface area contributed by atoms with Crippen LogP contribution in [0.15, 0.2) is 30.3 Å². The average Bonchev–Trinajstić information content (AvgIpc) is 2.55. The van der Waals surface area contributed by atoms with Crippen molar-refractivity contribution in [3.05, 3.63) is 35.9 Å². The molecule has 2 saturated heterocycles. The minimum absolute atomic E-state index is 0.331. The van der Waals surface area contributed by atoms with Crippen molar-refractivity contribution in [1.82, 2.24) is 15.5 Å². The molecule has 2 heterocycles. The van der Waals surface area contributed by atoms with Gasteiger partial charge in [-0.1, -0.05) is 30.3 Å². The van der Waals surface area contributed by atoms with E-state index in [1.54, 1.807) is 0 Å². The summed E-state index contributed by atoms with van der Waals surface area (Å²) < 4.78 is 5.92. The number of hydrogen-bond acceptors (Lipinski definition) is 4. The fourth-order valence-corrected chi connectivity index (χ4v) is 3.21. The highest BCUT2D eigenvalue weighted by Crippen LogP contribution is 2.11. The van der Waals surface area contributed by atoms with E-state index in [9.17, 15) is 0 Å². The molecule has 0 spiro atoms. The third kappa shape index (κ3) is 4.78. The first-order valence-electron chi connectivity index (χ1n) is 8.22. The van der Waals surface area contributed by atoms with Gasteiger partial charge in [-0.2, -0.15) is 0 Å². The predicted molar refractivity (Wildman–Crippen MR) is 85.4 cm³/mol. The molecule has 0 bridgehead atoms. The normalized spacial score (nSPS) is 25.0. The van der Waals surface area contributed by atoms with E-state index in [4.69, 9.17) is 4.74 Å². The van der Waals surface area contributed by atoms with E-state index in [-0.39, 0.29) is 0 Å². The zero-order valence-corrected chi connectivity index (χ0v) is 12.8.